The average molecular weight is 267 g/mol. The van der Waals surface area contributed by atoms with Gasteiger partial charge in [-0.15, -0.1) is 0 Å². The Labute approximate surface area is 116 Å². The molecule has 2 unspecified atom stereocenters. The summed E-state index contributed by atoms with van der Waals surface area (Å²) in [5.41, 5.74) is 1.48. The van der Waals surface area contributed by atoms with E-state index in [1.54, 1.807) is 7.11 Å². The van der Waals surface area contributed by atoms with Crippen LogP contribution in [0, 0.1) is 18.7 Å². The van der Waals surface area contributed by atoms with Gasteiger partial charge in [0, 0.05) is 25.3 Å². The Balaban J connectivity index is 2.91. The maximum atomic E-state index is 14.3. The SMILES string of the molecule is CCCNC(c1cccc(C)c1F)C(C)CCOC. The number of methoxy groups -OCH3 is 1. The number of rotatable bonds is 8. The first kappa shape index (κ1) is 16.1. The highest BCUT2D eigenvalue weighted by atomic mass is 19.1. The number of aryl methyl sites for hydroxylation is 1. The van der Waals surface area contributed by atoms with E-state index in [1.165, 1.54) is 0 Å². The molecule has 0 bridgehead atoms. The van der Waals surface area contributed by atoms with Crippen molar-refractivity contribution in [3.05, 3.63) is 35.1 Å². The van der Waals surface area contributed by atoms with E-state index in [4.69, 9.17) is 4.74 Å². The van der Waals surface area contributed by atoms with Crippen molar-refractivity contribution in [2.24, 2.45) is 5.92 Å². The summed E-state index contributed by atoms with van der Waals surface area (Å²) in [4.78, 5) is 0. The first-order valence-electron chi connectivity index (χ1n) is 7.09. The van der Waals surface area contributed by atoms with E-state index in [0.29, 0.717) is 18.1 Å². The van der Waals surface area contributed by atoms with Crippen LogP contribution in [-0.2, 0) is 4.74 Å². The molecule has 0 aliphatic heterocycles. The number of nitrogens with one attached hydrogen (secondary N) is 1. The number of ether oxygens (including phenoxy) is 1. The number of halogens is 1. The summed E-state index contributed by atoms with van der Waals surface area (Å²) < 4.78 is 19.4. The number of benzene rings is 1. The fourth-order valence-electron chi connectivity index (χ4n) is 2.30. The van der Waals surface area contributed by atoms with Crippen LogP contribution in [-0.4, -0.2) is 20.3 Å². The molecular formula is C16H26FNO. The Bertz CT molecular complexity index is 381. The van der Waals surface area contributed by atoms with Crippen molar-refractivity contribution in [3.8, 4) is 0 Å². The van der Waals surface area contributed by atoms with Crippen molar-refractivity contribution in [3.63, 3.8) is 0 Å². The van der Waals surface area contributed by atoms with Crippen LogP contribution >= 0.6 is 0 Å². The van der Waals surface area contributed by atoms with E-state index in [0.717, 1.165) is 24.9 Å². The standard InChI is InChI=1S/C16H26FNO/c1-5-10-18-16(13(3)9-11-19-4)14-8-6-7-12(2)15(14)17/h6-8,13,16,18H,5,9-11H2,1-4H3. The molecule has 0 radical (unpaired) electrons. The van der Waals surface area contributed by atoms with E-state index >= 15 is 0 Å². The van der Waals surface area contributed by atoms with Crippen LogP contribution in [0.5, 0.6) is 0 Å². The van der Waals surface area contributed by atoms with Gasteiger partial charge >= 0.3 is 0 Å². The van der Waals surface area contributed by atoms with Gasteiger partial charge in [-0.25, -0.2) is 4.39 Å². The summed E-state index contributed by atoms with van der Waals surface area (Å²) in [5, 5.41) is 3.47. The van der Waals surface area contributed by atoms with E-state index in [9.17, 15) is 4.39 Å². The van der Waals surface area contributed by atoms with E-state index in [1.807, 2.05) is 25.1 Å². The summed E-state index contributed by atoms with van der Waals surface area (Å²) in [6, 6.07) is 5.68. The van der Waals surface area contributed by atoms with Gasteiger partial charge in [-0.1, -0.05) is 32.0 Å². The molecular weight excluding hydrogens is 241 g/mol. The van der Waals surface area contributed by atoms with Crippen molar-refractivity contribution in [1.82, 2.24) is 5.32 Å². The van der Waals surface area contributed by atoms with Gasteiger partial charge in [0.2, 0.25) is 0 Å². The zero-order valence-electron chi connectivity index (χ0n) is 12.5. The van der Waals surface area contributed by atoms with Gasteiger partial charge in [0.1, 0.15) is 5.82 Å². The second-order valence-corrected chi connectivity index (χ2v) is 5.17. The van der Waals surface area contributed by atoms with Gasteiger partial charge in [-0.05, 0) is 37.8 Å². The maximum Gasteiger partial charge on any atom is 0.130 e. The lowest BCUT2D eigenvalue weighted by molar-refractivity contribution is 0.169. The smallest absolute Gasteiger partial charge is 0.130 e. The molecule has 0 heterocycles. The van der Waals surface area contributed by atoms with Crippen molar-refractivity contribution in [2.75, 3.05) is 20.3 Å². The topological polar surface area (TPSA) is 21.3 Å². The van der Waals surface area contributed by atoms with Crippen molar-refractivity contribution in [2.45, 2.75) is 39.7 Å². The lowest BCUT2D eigenvalue weighted by atomic mass is 9.90. The highest BCUT2D eigenvalue weighted by Gasteiger charge is 2.22. The summed E-state index contributed by atoms with van der Waals surface area (Å²) in [7, 11) is 1.70. The molecule has 108 valence electrons. The third-order valence-electron chi connectivity index (χ3n) is 3.52. The molecule has 0 aromatic heterocycles. The van der Waals surface area contributed by atoms with Crippen LogP contribution in [0.2, 0.25) is 0 Å². The summed E-state index contributed by atoms with van der Waals surface area (Å²) in [5.74, 6) is 0.253. The first-order chi connectivity index (χ1) is 9.11. The molecule has 2 nitrogen and oxygen atoms in total. The lowest BCUT2D eigenvalue weighted by Crippen LogP contribution is -2.29. The van der Waals surface area contributed by atoms with Gasteiger partial charge in [0.15, 0.2) is 0 Å². The third kappa shape index (κ3) is 4.59. The maximum absolute atomic E-state index is 14.3. The zero-order valence-corrected chi connectivity index (χ0v) is 12.5. The molecule has 0 saturated carbocycles. The molecule has 1 N–H and O–H groups in total. The van der Waals surface area contributed by atoms with Crippen molar-refractivity contribution >= 4 is 0 Å². The van der Waals surface area contributed by atoms with Crippen molar-refractivity contribution in [1.29, 1.82) is 0 Å². The fourth-order valence-corrected chi connectivity index (χ4v) is 2.30. The van der Waals surface area contributed by atoms with Gasteiger partial charge in [0.05, 0.1) is 0 Å². The Morgan fingerprint density at radius 2 is 2.11 bits per heavy atom. The minimum atomic E-state index is -0.0830. The molecule has 0 aliphatic carbocycles. The third-order valence-corrected chi connectivity index (χ3v) is 3.52. The Morgan fingerprint density at radius 1 is 1.37 bits per heavy atom. The van der Waals surface area contributed by atoms with Crippen molar-refractivity contribution < 1.29 is 9.13 Å². The second-order valence-electron chi connectivity index (χ2n) is 5.17. The quantitative estimate of drug-likeness (QED) is 0.772. The second kappa shape index (κ2) is 8.28. The van der Waals surface area contributed by atoms with Crippen LogP contribution in [0.3, 0.4) is 0 Å². The van der Waals surface area contributed by atoms with E-state index < -0.39 is 0 Å². The predicted octanol–water partition coefficient (Wildman–Crippen LogP) is 3.85. The molecule has 2 atom stereocenters. The van der Waals surface area contributed by atoms with E-state index in [-0.39, 0.29) is 11.9 Å². The molecule has 19 heavy (non-hydrogen) atoms. The average Bonchev–Trinajstić information content (AvgIpc) is 2.41. The first-order valence-corrected chi connectivity index (χ1v) is 7.09. The highest BCUT2D eigenvalue weighted by Crippen LogP contribution is 2.28. The van der Waals surface area contributed by atoms with Gasteiger partial charge in [0.25, 0.3) is 0 Å². The molecule has 1 aromatic carbocycles. The fraction of sp³-hybridized carbons (Fsp3) is 0.625. The molecule has 0 spiro atoms. The Kier molecular flexibility index (Phi) is 7.03. The van der Waals surface area contributed by atoms with Crippen LogP contribution in [0.15, 0.2) is 18.2 Å². The molecule has 1 rings (SSSR count). The van der Waals surface area contributed by atoms with Crippen LogP contribution < -0.4 is 5.32 Å². The number of hydrogen-bond acceptors (Lipinski definition) is 2. The molecule has 0 aliphatic rings. The molecule has 0 amide bonds. The van der Waals surface area contributed by atoms with Crippen LogP contribution in [0.1, 0.15) is 43.9 Å². The minimum absolute atomic E-state index is 0.0509. The Hall–Kier alpha value is -0.930. The van der Waals surface area contributed by atoms with Gasteiger partial charge < -0.3 is 10.1 Å². The largest absolute Gasteiger partial charge is 0.385 e. The van der Waals surface area contributed by atoms with Gasteiger partial charge in [-0.3, -0.25) is 0 Å². The molecule has 0 fully saturated rings. The van der Waals surface area contributed by atoms with Crippen LogP contribution in [0.4, 0.5) is 4.39 Å². The molecule has 3 heteroatoms. The minimum Gasteiger partial charge on any atom is -0.385 e. The summed E-state index contributed by atoms with van der Waals surface area (Å²) >= 11 is 0. The predicted molar refractivity (Wildman–Crippen MR) is 77.8 cm³/mol. The Morgan fingerprint density at radius 3 is 2.74 bits per heavy atom. The number of hydrogen-bond donors (Lipinski definition) is 1. The monoisotopic (exact) mass is 267 g/mol. The van der Waals surface area contributed by atoms with Gasteiger partial charge in [-0.2, -0.15) is 0 Å². The molecule has 1 aromatic rings. The molecule has 0 saturated heterocycles. The highest BCUT2D eigenvalue weighted by molar-refractivity contribution is 5.28. The zero-order chi connectivity index (χ0) is 14.3. The van der Waals surface area contributed by atoms with Crippen LogP contribution in [0.25, 0.3) is 0 Å². The van der Waals surface area contributed by atoms with E-state index in [2.05, 4.69) is 19.2 Å². The summed E-state index contributed by atoms with van der Waals surface area (Å²) in [6.07, 6.45) is 1.96. The lowest BCUT2D eigenvalue weighted by Gasteiger charge is -2.26. The normalized spacial score (nSPS) is 14.4. The summed E-state index contributed by atoms with van der Waals surface area (Å²) in [6.45, 7) is 7.69.